The minimum absolute atomic E-state index is 0.203. The maximum atomic E-state index is 13.6. The molecule has 5 aromatic rings. The van der Waals surface area contributed by atoms with Crippen LogP contribution in [0, 0.1) is 5.82 Å². The molecule has 2 aromatic heterocycles. The number of methoxy groups -OCH3 is 1. The zero-order chi connectivity index (χ0) is 27.5. The Labute approximate surface area is 228 Å². The highest BCUT2D eigenvalue weighted by Gasteiger charge is 2.18. The van der Waals surface area contributed by atoms with Gasteiger partial charge < -0.3 is 19.2 Å². The molecule has 0 saturated carbocycles. The van der Waals surface area contributed by atoms with Crippen LogP contribution in [0.1, 0.15) is 22.5 Å². The normalized spacial score (nSPS) is 12.7. The Morgan fingerprint density at radius 2 is 1.68 bits per heavy atom. The number of hydrogen-bond acceptors (Lipinski definition) is 8. The van der Waals surface area contributed by atoms with E-state index in [-0.39, 0.29) is 11.4 Å². The molecule has 0 atom stereocenters. The number of hydrogen-bond donors (Lipinski definition) is 1. The highest BCUT2D eigenvalue weighted by molar-refractivity contribution is 5.83. The van der Waals surface area contributed by atoms with Crippen molar-refractivity contribution in [1.82, 2.24) is 30.1 Å². The van der Waals surface area contributed by atoms with Gasteiger partial charge in [0.25, 0.3) is 5.56 Å². The second kappa shape index (κ2) is 11.1. The van der Waals surface area contributed by atoms with Gasteiger partial charge in [-0.3, -0.25) is 9.69 Å². The lowest BCUT2D eigenvalue weighted by Gasteiger charge is -2.22. The van der Waals surface area contributed by atoms with Crippen LogP contribution in [-0.4, -0.2) is 50.4 Å². The number of tetrazole rings is 1. The summed E-state index contributed by atoms with van der Waals surface area (Å²) in [7, 11) is 1.63. The molecule has 10 nitrogen and oxygen atoms in total. The molecule has 40 heavy (non-hydrogen) atoms. The Balaban J connectivity index is 1.29. The number of aromatic amines is 1. The Morgan fingerprint density at radius 1 is 0.950 bits per heavy atom. The molecule has 6 rings (SSSR count). The van der Waals surface area contributed by atoms with E-state index in [4.69, 9.17) is 14.2 Å². The van der Waals surface area contributed by atoms with E-state index in [1.807, 2.05) is 36.4 Å². The summed E-state index contributed by atoms with van der Waals surface area (Å²) in [6.07, 6.45) is 0. The fraction of sp³-hybridized carbons (Fsp3) is 0.241. The highest BCUT2D eigenvalue weighted by Crippen LogP contribution is 2.33. The number of fused-ring (bicyclic) bond motifs is 2. The summed E-state index contributed by atoms with van der Waals surface area (Å²) >= 11 is 0. The Hall–Kier alpha value is -4.77. The van der Waals surface area contributed by atoms with Crippen molar-refractivity contribution in [1.29, 1.82) is 0 Å². The molecule has 1 aliphatic heterocycles. The van der Waals surface area contributed by atoms with E-state index in [2.05, 4.69) is 25.4 Å². The molecule has 0 radical (unpaired) electrons. The number of benzene rings is 3. The molecule has 0 bridgehead atoms. The van der Waals surface area contributed by atoms with Crippen LogP contribution < -0.4 is 19.8 Å². The molecule has 0 saturated heterocycles. The Kier molecular flexibility index (Phi) is 7.11. The van der Waals surface area contributed by atoms with Crippen LogP contribution in [-0.2, 0) is 26.2 Å². The fourth-order valence-corrected chi connectivity index (χ4v) is 4.73. The van der Waals surface area contributed by atoms with Gasteiger partial charge in [-0.2, -0.15) is 0 Å². The second-order valence-corrected chi connectivity index (χ2v) is 9.58. The smallest absolute Gasteiger partial charge is 0.252 e. The molecule has 204 valence electrons. The lowest BCUT2D eigenvalue weighted by atomic mass is 10.1. The molecular weight excluding hydrogens is 515 g/mol. The van der Waals surface area contributed by atoms with Crippen molar-refractivity contribution >= 4 is 10.9 Å². The van der Waals surface area contributed by atoms with Crippen molar-refractivity contribution in [3.63, 3.8) is 0 Å². The average Bonchev–Trinajstić information content (AvgIpc) is 3.40. The van der Waals surface area contributed by atoms with Gasteiger partial charge in [0.15, 0.2) is 17.3 Å². The highest BCUT2D eigenvalue weighted by atomic mass is 19.1. The molecule has 1 N–H and O–H groups in total. The zero-order valence-corrected chi connectivity index (χ0v) is 21.8. The fourth-order valence-electron chi connectivity index (χ4n) is 4.73. The largest absolute Gasteiger partial charge is 0.497 e. The van der Waals surface area contributed by atoms with Crippen molar-refractivity contribution in [3.05, 3.63) is 105 Å². The first-order chi connectivity index (χ1) is 19.5. The van der Waals surface area contributed by atoms with E-state index in [1.54, 1.807) is 30.0 Å². The number of H-pyrrole nitrogens is 1. The van der Waals surface area contributed by atoms with Crippen molar-refractivity contribution in [2.45, 2.75) is 26.2 Å². The molecular formula is C29H27FN6O4. The summed E-state index contributed by atoms with van der Waals surface area (Å²) in [6.45, 7) is 2.54. The average molecular weight is 543 g/mol. The minimum atomic E-state index is -0.306. The van der Waals surface area contributed by atoms with Crippen LogP contribution in [0.15, 0.2) is 71.5 Å². The first-order valence-corrected chi connectivity index (χ1v) is 12.8. The molecule has 0 unspecified atom stereocenters. The Bertz CT molecular complexity index is 1680. The third-order valence-corrected chi connectivity index (χ3v) is 6.76. The van der Waals surface area contributed by atoms with E-state index in [9.17, 15) is 9.18 Å². The van der Waals surface area contributed by atoms with Gasteiger partial charge in [0.2, 0.25) is 0 Å². The van der Waals surface area contributed by atoms with Gasteiger partial charge in [0.05, 0.1) is 25.7 Å². The number of ether oxygens (including phenoxy) is 3. The van der Waals surface area contributed by atoms with Crippen LogP contribution in [0.4, 0.5) is 4.39 Å². The van der Waals surface area contributed by atoms with Gasteiger partial charge in [-0.05, 0) is 58.0 Å². The van der Waals surface area contributed by atoms with Crippen molar-refractivity contribution < 1.29 is 18.6 Å². The van der Waals surface area contributed by atoms with E-state index < -0.39 is 0 Å². The van der Waals surface area contributed by atoms with Crippen LogP contribution in [0.3, 0.4) is 0 Å². The monoisotopic (exact) mass is 542 g/mol. The van der Waals surface area contributed by atoms with E-state index in [0.29, 0.717) is 67.8 Å². The quantitative estimate of drug-likeness (QED) is 0.301. The summed E-state index contributed by atoms with van der Waals surface area (Å²) in [6, 6.07) is 19.6. The van der Waals surface area contributed by atoms with Gasteiger partial charge >= 0.3 is 0 Å². The van der Waals surface area contributed by atoms with Crippen molar-refractivity contribution in [2.75, 3.05) is 20.3 Å². The maximum absolute atomic E-state index is 13.6. The number of aromatic nitrogens is 5. The van der Waals surface area contributed by atoms with Gasteiger partial charge in [0, 0.05) is 30.1 Å². The Morgan fingerprint density at radius 3 is 2.42 bits per heavy atom. The molecule has 0 aliphatic carbocycles. The summed E-state index contributed by atoms with van der Waals surface area (Å²) in [5.74, 6) is 2.36. The van der Waals surface area contributed by atoms with Crippen LogP contribution in [0.25, 0.3) is 10.9 Å². The third kappa shape index (κ3) is 5.64. The lowest BCUT2D eigenvalue weighted by molar-refractivity contribution is 0.172. The summed E-state index contributed by atoms with van der Waals surface area (Å²) in [5.41, 5.74) is 2.95. The predicted molar refractivity (Wildman–Crippen MR) is 145 cm³/mol. The molecule has 0 amide bonds. The topological polar surface area (TPSA) is 107 Å². The van der Waals surface area contributed by atoms with Gasteiger partial charge in [-0.25, -0.2) is 9.07 Å². The summed E-state index contributed by atoms with van der Waals surface area (Å²) in [4.78, 5) is 18.2. The maximum Gasteiger partial charge on any atom is 0.252 e. The predicted octanol–water partition coefficient (Wildman–Crippen LogP) is 3.68. The van der Waals surface area contributed by atoms with Gasteiger partial charge in [-0.15, -0.1) is 5.10 Å². The number of nitrogens with one attached hydrogen (secondary N) is 1. The molecule has 0 spiro atoms. The molecule has 0 fully saturated rings. The summed E-state index contributed by atoms with van der Waals surface area (Å²) in [5, 5.41) is 13.2. The van der Waals surface area contributed by atoms with Gasteiger partial charge in [0.1, 0.15) is 24.8 Å². The lowest BCUT2D eigenvalue weighted by Crippen LogP contribution is -2.28. The van der Waals surface area contributed by atoms with E-state index >= 15 is 0 Å². The minimum Gasteiger partial charge on any atom is -0.497 e. The van der Waals surface area contributed by atoms with Crippen LogP contribution in [0.5, 0.6) is 17.2 Å². The first-order valence-electron chi connectivity index (χ1n) is 12.8. The number of nitrogens with zero attached hydrogens (tertiary/aromatic N) is 5. The van der Waals surface area contributed by atoms with Crippen molar-refractivity contribution in [3.8, 4) is 17.2 Å². The van der Waals surface area contributed by atoms with Crippen LogP contribution in [0.2, 0.25) is 0 Å². The van der Waals surface area contributed by atoms with Crippen molar-refractivity contribution in [2.24, 2.45) is 0 Å². The molecule has 3 heterocycles. The first kappa shape index (κ1) is 25.5. The molecule has 3 aromatic carbocycles. The standard InChI is InChI=1S/C29H27FN6O4/c1-38-24-8-4-20(5-9-24)16-36-28(32-33-34-36)18-35(15-19-2-6-23(30)7-3-19)17-22-12-21-13-26-27(40-11-10-39-26)14-25(21)31-29(22)37/h2-9,12-14H,10-11,15-18H2,1H3,(H,31,37). The number of rotatable bonds is 9. The summed E-state index contributed by atoms with van der Waals surface area (Å²) < 4.78 is 31.9. The number of pyridine rings is 1. The second-order valence-electron chi connectivity index (χ2n) is 9.58. The molecule has 11 heteroatoms. The SMILES string of the molecule is COc1ccc(Cn2nnnc2CN(Cc2ccc(F)cc2)Cc2cc3cc4c(cc3[nH]c2=O)OCCO4)cc1. The third-order valence-electron chi connectivity index (χ3n) is 6.76. The van der Waals surface area contributed by atoms with E-state index in [0.717, 1.165) is 22.3 Å². The number of halogens is 1. The van der Waals surface area contributed by atoms with E-state index in [1.165, 1.54) is 12.1 Å². The van der Waals surface area contributed by atoms with Crippen LogP contribution >= 0.6 is 0 Å². The van der Waals surface area contributed by atoms with Gasteiger partial charge in [-0.1, -0.05) is 24.3 Å². The zero-order valence-electron chi connectivity index (χ0n) is 21.8. The molecule has 1 aliphatic rings.